The van der Waals surface area contributed by atoms with Crippen molar-refractivity contribution in [1.82, 2.24) is 15.2 Å². The molecule has 3 nitrogen and oxygen atoms in total. The van der Waals surface area contributed by atoms with Crippen LogP contribution in [-0.4, -0.2) is 29.5 Å². The summed E-state index contributed by atoms with van der Waals surface area (Å²) in [5.41, 5.74) is 1.37. The van der Waals surface area contributed by atoms with Gasteiger partial charge in [-0.15, -0.1) is 11.3 Å². The molecule has 0 spiro atoms. The largest absolute Gasteiger partial charge is 0.310 e. The molecule has 0 radical (unpaired) electrons. The number of nitrogens with zero attached hydrogens (tertiary/aromatic N) is 2. The van der Waals surface area contributed by atoms with Crippen LogP contribution < -0.4 is 5.32 Å². The molecule has 100 valence electrons. The van der Waals surface area contributed by atoms with Crippen molar-refractivity contribution in [2.75, 3.05) is 19.6 Å². The standard InChI is InChI=1S/C14H23N3S/c1-2-6-17-7-5-12-13(10-17)18-14(16-12)9-15-8-11-3-4-11/h11,15H,2-10H2,1H3. The fraction of sp³-hybridized carbons (Fsp3) is 0.786. The molecule has 1 aromatic rings. The third-order valence-electron chi connectivity index (χ3n) is 3.80. The van der Waals surface area contributed by atoms with E-state index in [0.717, 1.165) is 25.4 Å². The Hall–Kier alpha value is -0.450. The monoisotopic (exact) mass is 265 g/mol. The maximum atomic E-state index is 4.79. The second-order valence-corrected chi connectivity index (χ2v) is 6.75. The predicted octanol–water partition coefficient (Wildman–Crippen LogP) is 2.41. The molecule has 2 heterocycles. The Morgan fingerprint density at radius 2 is 2.33 bits per heavy atom. The lowest BCUT2D eigenvalue weighted by Gasteiger charge is -2.25. The van der Waals surface area contributed by atoms with Crippen LogP contribution in [0.5, 0.6) is 0 Å². The lowest BCUT2D eigenvalue weighted by molar-refractivity contribution is 0.256. The van der Waals surface area contributed by atoms with Gasteiger partial charge in [-0.2, -0.15) is 0 Å². The van der Waals surface area contributed by atoms with E-state index in [1.807, 2.05) is 11.3 Å². The predicted molar refractivity (Wildman–Crippen MR) is 75.8 cm³/mol. The summed E-state index contributed by atoms with van der Waals surface area (Å²) in [4.78, 5) is 8.86. The molecular formula is C14H23N3S. The van der Waals surface area contributed by atoms with Crippen LogP contribution in [-0.2, 0) is 19.5 Å². The van der Waals surface area contributed by atoms with Crippen molar-refractivity contribution in [3.05, 3.63) is 15.6 Å². The van der Waals surface area contributed by atoms with Gasteiger partial charge < -0.3 is 5.32 Å². The van der Waals surface area contributed by atoms with E-state index in [2.05, 4.69) is 17.1 Å². The van der Waals surface area contributed by atoms with E-state index in [1.54, 1.807) is 0 Å². The first-order valence-electron chi connectivity index (χ1n) is 7.25. The van der Waals surface area contributed by atoms with Crippen molar-refractivity contribution >= 4 is 11.3 Å². The molecule has 0 unspecified atom stereocenters. The minimum atomic E-state index is 0.958. The molecule has 18 heavy (non-hydrogen) atoms. The topological polar surface area (TPSA) is 28.2 Å². The summed E-state index contributed by atoms with van der Waals surface area (Å²) in [6.45, 7) is 7.97. The van der Waals surface area contributed by atoms with E-state index in [4.69, 9.17) is 4.98 Å². The fourth-order valence-corrected chi connectivity index (χ4v) is 3.72. The van der Waals surface area contributed by atoms with E-state index >= 15 is 0 Å². The van der Waals surface area contributed by atoms with Gasteiger partial charge in [0.2, 0.25) is 0 Å². The van der Waals surface area contributed by atoms with Crippen molar-refractivity contribution in [2.24, 2.45) is 5.92 Å². The Labute approximate surface area is 114 Å². The molecule has 1 fully saturated rings. The van der Waals surface area contributed by atoms with Crippen LogP contribution in [0, 0.1) is 5.92 Å². The van der Waals surface area contributed by atoms with Gasteiger partial charge in [0.1, 0.15) is 5.01 Å². The number of aromatic nitrogens is 1. The Balaban J connectivity index is 1.54. The normalized spacial score (nSPS) is 20.1. The van der Waals surface area contributed by atoms with Gasteiger partial charge >= 0.3 is 0 Å². The molecule has 0 bridgehead atoms. The number of hydrogen-bond acceptors (Lipinski definition) is 4. The van der Waals surface area contributed by atoms with E-state index < -0.39 is 0 Å². The van der Waals surface area contributed by atoms with Crippen molar-refractivity contribution in [3.8, 4) is 0 Å². The zero-order chi connectivity index (χ0) is 12.4. The van der Waals surface area contributed by atoms with Gasteiger partial charge in [-0.25, -0.2) is 4.98 Å². The number of thiazole rings is 1. The molecular weight excluding hydrogens is 242 g/mol. The summed E-state index contributed by atoms with van der Waals surface area (Å²) in [5, 5.41) is 4.83. The molecule has 1 N–H and O–H groups in total. The molecule has 1 saturated carbocycles. The summed E-state index contributed by atoms with van der Waals surface area (Å²) in [6, 6.07) is 0. The minimum absolute atomic E-state index is 0.958. The molecule has 1 aromatic heterocycles. The quantitative estimate of drug-likeness (QED) is 0.856. The molecule has 0 atom stereocenters. The average molecular weight is 265 g/mol. The number of hydrogen-bond donors (Lipinski definition) is 1. The zero-order valence-electron chi connectivity index (χ0n) is 11.2. The van der Waals surface area contributed by atoms with Crippen LogP contribution in [0.1, 0.15) is 41.8 Å². The zero-order valence-corrected chi connectivity index (χ0v) is 12.1. The first kappa shape index (κ1) is 12.6. The molecule has 3 rings (SSSR count). The van der Waals surface area contributed by atoms with Crippen LogP contribution in [0.3, 0.4) is 0 Å². The van der Waals surface area contributed by atoms with E-state index in [1.165, 1.54) is 54.5 Å². The number of rotatable bonds is 6. The van der Waals surface area contributed by atoms with Gasteiger partial charge in [0, 0.05) is 30.9 Å². The first-order valence-corrected chi connectivity index (χ1v) is 8.07. The van der Waals surface area contributed by atoms with Crippen LogP contribution in [0.4, 0.5) is 0 Å². The summed E-state index contributed by atoms with van der Waals surface area (Å²) >= 11 is 1.92. The summed E-state index contributed by atoms with van der Waals surface area (Å²) in [6.07, 6.45) is 5.25. The molecule has 0 amide bonds. The van der Waals surface area contributed by atoms with E-state index in [0.29, 0.717) is 0 Å². The lowest BCUT2D eigenvalue weighted by atomic mass is 10.2. The smallest absolute Gasteiger partial charge is 0.107 e. The van der Waals surface area contributed by atoms with Gasteiger partial charge in [0.05, 0.1) is 5.69 Å². The Kier molecular flexibility index (Phi) is 3.97. The SMILES string of the molecule is CCCN1CCc2nc(CNCC3CC3)sc2C1. The van der Waals surface area contributed by atoms with Crippen LogP contribution >= 0.6 is 11.3 Å². The molecule has 1 aliphatic heterocycles. The summed E-state index contributed by atoms with van der Waals surface area (Å²) in [5.74, 6) is 0.958. The molecule has 4 heteroatoms. The van der Waals surface area contributed by atoms with Crippen LogP contribution in [0.2, 0.25) is 0 Å². The number of fused-ring (bicyclic) bond motifs is 1. The Bertz CT molecular complexity index is 398. The third-order valence-corrected chi connectivity index (χ3v) is 4.88. The van der Waals surface area contributed by atoms with Gasteiger partial charge in [-0.3, -0.25) is 4.90 Å². The molecule has 1 aliphatic carbocycles. The summed E-state index contributed by atoms with van der Waals surface area (Å²) < 4.78 is 0. The van der Waals surface area contributed by atoms with Gasteiger partial charge in [-0.1, -0.05) is 6.92 Å². The highest BCUT2D eigenvalue weighted by molar-refractivity contribution is 7.11. The Morgan fingerprint density at radius 1 is 1.44 bits per heavy atom. The van der Waals surface area contributed by atoms with Gasteiger partial charge in [-0.05, 0) is 38.3 Å². The lowest BCUT2D eigenvalue weighted by Crippen LogP contribution is -2.30. The molecule has 0 aromatic carbocycles. The van der Waals surface area contributed by atoms with Gasteiger partial charge in [0.25, 0.3) is 0 Å². The van der Waals surface area contributed by atoms with Crippen LogP contribution in [0.25, 0.3) is 0 Å². The maximum absolute atomic E-state index is 4.79. The van der Waals surface area contributed by atoms with Crippen molar-refractivity contribution < 1.29 is 0 Å². The highest BCUT2D eigenvalue weighted by Gasteiger charge is 2.22. The van der Waals surface area contributed by atoms with Gasteiger partial charge in [0.15, 0.2) is 0 Å². The second-order valence-electron chi connectivity index (χ2n) is 5.58. The summed E-state index contributed by atoms with van der Waals surface area (Å²) in [7, 11) is 0. The molecule has 0 saturated heterocycles. The first-order chi connectivity index (χ1) is 8.85. The van der Waals surface area contributed by atoms with Crippen molar-refractivity contribution in [1.29, 1.82) is 0 Å². The fourth-order valence-electron chi connectivity index (χ4n) is 2.59. The highest BCUT2D eigenvalue weighted by Crippen LogP contribution is 2.28. The minimum Gasteiger partial charge on any atom is -0.310 e. The van der Waals surface area contributed by atoms with Crippen molar-refractivity contribution in [2.45, 2.75) is 45.7 Å². The average Bonchev–Trinajstić information content (AvgIpc) is 3.08. The Morgan fingerprint density at radius 3 is 3.11 bits per heavy atom. The third kappa shape index (κ3) is 3.11. The van der Waals surface area contributed by atoms with Crippen LogP contribution in [0.15, 0.2) is 0 Å². The number of nitrogens with one attached hydrogen (secondary N) is 1. The second kappa shape index (κ2) is 5.68. The van der Waals surface area contributed by atoms with Crippen molar-refractivity contribution in [3.63, 3.8) is 0 Å². The molecule has 2 aliphatic rings. The van der Waals surface area contributed by atoms with E-state index in [9.17, 15) is 0 Å². The van der Waals surface area contributed by atoms with E-state index in [-0.39, 0.29) is 0 Å². The maximum Gasteiger partial charge on any atom is 0.107 e. The highest BCUT2D eigenvalue weighted by atomic mass is 32.1.